The molecule has 0 aromatic carbocycles. The van der Waals surface area contributed by atoms with Crippen molar-refractivity contribution < 1.29 is 9.59 Å². The van der Waals surface area contributed by atoms with E-state index in [2.05, 4.69) is 6.92 Å². The maximum Gasteiger partial charge on any atom is 0.242 e. The molecule has 0 aliphatic heterocycles. The van der Waals surface area contributed by atoms with E-state index in [0.29, 0.717) is 12.3 Å². The van der Waals surface area contributed by atoms with Gasteiger partial charge < -0.3 is 16.4 Å². The minimum Gasteiger partial charge on any atom is -0.369 e. The lowest BCUT2D eigenvalue weighted by molar-refractivity contribution is -0.141. The monoisotopic (exact) mass is 269 g/mol. The fourth-order valence-electron chi connectivity index (χ4n) is 3.12. The highest BCUT2D eigenvalue weighted by atomic mass is 16.2. The van der Waals surface area contributed by atoms with E-state index in [-0.39, 0.29) is 17.9 Å². The van der Waals surface area contributed by atoms with Crippen LogP contribution in [0.15, 0.2) is 0 Å². The number of carbonyl (C=O) groups is 2. The standard InChI is InChI=1S/C14H27N3O2/c1-9-6-10(8-14(4,7-9)11(15)18)17(5)12(19)13(2,3)16/h9-10H,6-8,16H2,1-5H3,(H2,15,18)/t9-,10+,14+/m1/s1. The predicted molar refractivity (Wildman–Crippen MR) is 75.1 cm³/mol. The number of nitrogens with zero attached hydrogens (tertiary/aromatic N) is 1. The highest BCUT2D eigenvalue weighted by Crippen LogP contribution is 2.40. The van der Waals surface area contributed by atoms with Gasteiger partial charge in [0.1, 0.15) is 0 Å². The van der Waals surface area contributed by atoms with Crippen molar-refractivity contribution in [3.8, 4) is 0 Å². The first kappa shape index (κ1) is 16.0. The Balaban J connectivity index is 2.89. The summed E-state index contributed by atoms with van der Waals surface area (Å²) in [6, 6.07) is 0.0246. The summed E-state index contributed by atoms with van der Waals surface area (Å²) in [7, 11) is 1.76. The van der Waals surface area contributed by atoms with E-state index < -0.39 is 11.0 Å². The Morgan fingerprint density at radius 2 is 1.84 bits per heavy atom. The maximum atomic E-state index is 12.2. The average molecular weight is 269 g/mol. The highest BCUT2D eigenvalue weighted by molar-refractivity contribution is 5.85. The normalized spacial score (nSPS) is 31.9. The largest absolute Gasteiger partial charge is 0.369 e. The number of hydrogen-bond donors (Lipinski definition) is 2. The van der Waals surface area contributed by atoms with Crippen molar-refractivity contribution in [3.05, 3.63) is 0 Å². The van der Waals surface area contributed by atoms with Crippen LogP contribution in [0.3, 0.4) is 0 Å². The zero-order valence-corrected chi connectivity index (χ0v) is 12.7. The van der Waals surface area contributed by atoms with Crippen molar-refractivity contribution >= 4 is 11.8 Å². The summed E-state index contributed by atoms with van der Waals surface area (Å²) >= 11 is 0. The third-order valence-electron chi connectivity index (χ3n) is 4.17. The fourth-order valence-corrected chi connectivity index (χ4v) is 3.12. The van der Waals surface area contributed by atoms with Gasteiger partial charge in [-0.05, 0) is 39.0 Å². The van der Waals surface area contributed by atoms with Crippen LogP contribution in [-0.2, 0) is 9.59 Å². The molecule has 0 bridgehead atoms. The summed E-state index contributed by atoms with van der Waals surface area (Å²) in [5.41, 5.74) is 9.96. The van der Waals surface area contributed by atoms with Gasteiger partial charge in [-0.25, -0.2) is 0 Å². The van der Waals surface area contributed by atoms with Crippen LogP contribution < -0.4 is 11.5 Å². The fraction of sp³-hybridized carbons (Fsp3) is 0.857. The summed E-state index contributed by atoms with van der Waals surface area (Å²) in [5, 5.41) is 0. The second-order valence-corrected chi connectivity index (χ2v) is 6.97. The Morgan fingerprint density at radius 1 is 1.32 bits per heavy atom. The van der Waals surface area contributed by atoms with E-state index in [9.17, 15) is 9.59 Å². The van der Waals surface area contributed by atoms with Gasteiger partial charge in [-0.1, -0.05) is 13.8 Å². The number of rotatable bonds is 3. The van der Waals surface area contributed by atoms with Gasteiger partial charge in [0.2, 0.25) is 11.8 Å². The molecule has 0 radical (unpaired) electrons. The van der Waals surface area contributed by atoms with Gasteiger partial charge in [-0.15, -0.1) is 0 Å². The molecule has 2 amide bonds. The van der Waals surface area contributed by atoms with E-state index in [1.807, 2.05) is 6.92 Å². The van der Waals surface area contributed by atoms with Crippen LogP contribution in [0.1, 0.15) is 47.0 Å². The van der Waals surface area contributed by atoms with Crippen LogP contribution in [0, 0.1) is 11.3 Å². The summed E-state index contributed by atoms with van der Waals surface area (Å²) in [6.45, 7) is 7.39. The van der Waals surface area contributed by atoms with E-state index >= 15 is 0 Å². The Morgan fingerprint density at radius 3 is 2.26 bits per heavy atom. The smallest absolute Gasteiger partial charge is 0.242 e. The van der Waals surface area contributed by atoms with Crippen LogP contribution in [-0.4, -0.2) is 35.3 Å². The first-order valence-electron chi connectivity index (χ1n) is 6.83. The summed E-state index contributed by atoms with van der Waals surface area (Å²) in [6.07, 6.45) is 2.29. The van der Waals surface area contributed by atoms with E-state index in [1.54, 1.807) is 25.8 Å². The van der Waals surface area contributed by atoms with Gasteiger partial charge in [0.15, 0.2) is 0 Å². The topological polar surface area (TPSA) is 89.4 Å². The van der Waals surface area contributed by atoms with Crippen LogP contribution >= 0.6 is 0 Å². The average Bonchev–Trinajstić information content (AvgIpc) is 2.24. The lowest BCUT2D eigenvalue weighted by atomic mass is 9.68. The molecule has 1 saturated carbocycles. The molecule has 5 nitrogen and oxygen atoms in total. The Labute approximate surface area is 115 Å². The number of carbonyl (C=O) groups excluding carboxylic acids is 2. The number of amides is 2. The first-order chi connectivity index (χ1) is 8.47. The summed E-state index contributed by atoms with van der Waals surface area (Å²) in [4.78, 5) is 25.6. The SMILES string of the molecule is C[C@@H]1C[C@H](N(C)C(=O)C(C)(C)N)C[C@@](C)(C(N)=O)C1. The molecule has 19 heavy (non-hydrogen) atoms. The number of hydrogen-bond acceptors (Lipinski definition) is 3. The molecule has 110 valence electrons. The van der Waals surface area contributed by atoms with E-state index in [0.717, 1.165) is 12.8 Å². The third-order valence-corrected chi connectivity index (χ3v) is 4.17. The summed E-state index contributed by atoms with van der Waals surface area (Å²) < 4.78 is 0. The molecule has 0 saturated heterocycles. The van der Waals surface area contributed by atoms with Gasteiger partial charge >= 0.3 is 0 Å². The lowest BCUT2D eigenvalue weighted by Crippen LogP contribution is -2.56. The molecular formula is C14H27N3O2. The molecule has 5 heteroatoms. The predicted octanol–water partition coefficient (Wildman–Crippen LogP) is 0.862. The Bertz CT molecular complexity index is 375. The molecule has 1 aliphatic rings. The molecule has 4 N–H and O–H groups in total. The number of likely N-dealkylation sites (N-methyl/N-ethyl adjacent to an activating group) is 1. The molecule has 0 spiro atoms. The zero-order valence-electron chi connectivity index (χ0n) is 12.7. The third kappa shape index (κ3) is 3.47. The van der Waals surface area contributed by atoms with Crippen molar-refractivity contribution in [1.29, 1.82) is 0 Å². The molecule has 1 fully saturated rings. The van der Waals surface area contributed by atoms with Crippen molar-refractivity contribution in [1.82, 2.24) is 4.90 Å². The van der Waals surface area contributed by atoms with Crippen LogP contribution in [0.5, 0.6) is 0 Å². The van der Waals surface area contributed by atoms with Crippen molar-refractivity contribution in [2.24, 2.45) is 22.8 Å². The van der Waals surface area contributed by atoms with Crippen molar-refractivity contribution in [3.63, 3.8) is 0 Å². The van der Waals surface area contributed by atoms with Crippen LogP contribution in [0.4, 0.5) is 0 Å². The zero-order chi connectivity index (χ0) is 15.0. The molecular weight excluding hydrogens is 242 g/mol. The minimum atomic E-state index is -0.890. The van der Waals surface area contributed by atoms with Crippen LogP contribution in [0.2, 0.25) is 0 Å². The maximum absolute atomic E-state index is 12.2. The molecule has 3 atom stereocenters. The van der Waals surface area contributed by atoms with Crippen molar-refractivity contribution in [2.45, 2.75) is 58.5 Å². The Kier molecular flexibility index (Phi) is 4.30. The quantitative estimate of drug-likeness (QED) is 0.796. The van der Waals surface area contributed by atoms with Gasteiger partial charge in [0, 0.05) is 18.5 Å². The van der Waals surface area contributed by atoms with Gasteiger partial charge in [-0.2, -0.15) is 0 Å². The van der Waals surface area contributed by atoms with E-state index in [1.165, 1.54) is 0 Å². The summed E-state index contributed by atoms with van der Waals surface area (Å²) in [5.74, 6) is -0.0114. The highest BCUT2D eigenvalue weighted by Gasteiger charge is 2.43. The molecule has 0 unspecified atom stereocenters. The molecule has 1 rings (SSSR count). The van der Waals surface area contributed by atoms with Gasteiger partial charge in [0.05, 0.1) is 5.54 Å². The second kappa shape index (κ2) is 5.12. The molecule has 1 aliphatic carbocycles. The van der Waals surface area contributed by atoms with Gasteiger partial charge in [-0.3, -0.25) is 9.59 Å². The van der Waals surface area contributed by atoms with Crippen LogP contribution in [0.25, 0.3) is 0 Å². The second-order valence-electron chi connectivity index (χ2n) is 6.97. The van der Waals surface area contributed by atoms with Gasteiger partial charge in [0.25, 0.3) is 0 Å². The Hall–Kier alpha value is -1.10. The van der Waals surface area contributed by atoms with Crippen molar-refractivity contribution in [2.75, 3.05) is 7.05 Å². The minimum absolute atomic E-state index is 0.0246. The lowest BCUT2D eigenvalue weighted by Gasteiger charge is -2.44. The first-order valence-corrected chi connectivity index (χ1v) is 6.83. The number of nitrogens with two attached hydrogens (primary N) is 2. The molecule has 0 aromatic heterocycles. The number of primary amides is 1. The molecule has 0 aromatic rings. The van der Waals surface area contributed by atoms with E-state index in [4.69, 9.17) is 11.5 Å². The molecule has 0 heterocycles.